The molecule has 1 amide bonds. The number of carbonyl (C=O) groups excluding carboxylic acids is 1. The highest BCUT2D eigenvalue weighted by Crippen LogP contribution is 2.07. The molecule has 2 heterocycles. The van der Waals surface area contributed by atoms with Gasteiger partial charge in [0.2, 0.25) is 5.91 Å². The molecule has 2 aliphatic rings. The predicted octanol–water partition coefficient (Wildman–Crippen LogP) is -1.14. The maximum absolute atomic E-state index is 12.1. The maximum atomic E-state index is 12.1. The number of amides is 1. The number of likely N-dealkylation sites (N-methyl/N-ethyl adjacent to an activating group) is 1. The minimum Gasteiger partial charge on any atom is -0.481 e. The van der Waals surface area contributed by atoms with E-state index in [4.69, 9.17) is 9.47 Å². The first-order valence-corrected chi connectivity index (χ1v) is 5.48. The van der Waals surface area contributed by atoms with Crippen molar-refractivity contribution < 1.29 is 14.3 Å². The van der Waals surface area contributed by atoms with E-state index < -0.39 is 0 Å². The van der Waals surface area contributed by atoms with E-state index in [-0.39, 0.29) is 18.0 Å². The number of aliphatic imine (C=N–C) groups is 1. The summed E-state index contributed by atoms with van der Waals surface area (Å²) in [5.74, 6) is 0.0853. The van der Waals surface area contributed by atoms with Crippen LogP contribution in [-0.4, -0.2) is 69.2 Å². The van der Waals surface area contributed by atoms with Crippen molar-refractivity contribution in [3.63, 3.8) is 0 Å². The molecule has 0 bridgehead atoms. The lowest BCUT2D eigenvalue weighted by molar-refractivity contribution is -0.132. The lowest BCUT2D eigenvalue weighted by Crippen LogP contribution is -2.48. The molecule has 0 aliphatic carbocycles. The molecule has 1 fully saturated rings. The zero-order chi connectivity index (χ0) is 11.4. The van der Waals surface area contributed by atoms with Gasteiger partial charge in [0.05, 0.1) is 13.2 Å². The van der Waals surface area contributed by atoms with Gasteiger partial charge in [0.1, 0.15) is 18.7 Å². The molecule has 16 heavy (non-hydrogen) atoms. The number of ether oxygens (including phenoxy) is 2. The molecular formula is C10H17N3O3. The standard InChI is InChI=1S/C10H17N3O3/c1-11-9-6-15-3-2-13(10(9)14)4-8-5-16-7-12-8/h7-9,11H,2-6H2,1H3. The van der Waals surface area contributed by atoms with Gasteiger partial charge in [-0.3, -0.25) is 4.79 Å². The maximum Gasteiger partial charge on any atom is 0.242 e. The van der Waals surface area contributed by atoms with Gasteiger partial charge in [-0.15, -0.1) is 0 Å². The summed E-state index contributed by atoms with van der Waals surface area (Å²) in [7, 11) is 1.77. The van der Waals surface area contributed by atoms with Crippen molar-refractivity contribution in [2.45, 2.75) is 12.1 Å². The molecule has 2 rings (SSSR count). The summed E-state index contributed by atoms with van der Waals surface area (Å²) in [4.78, 5) is 18.0. The van der Waals surface area contributed by atoms with Crippen LogP contribution in [0, 0.1) is 0 Å². The lowest BCUT2D eigenvalue weighted by atomic mass is 10.2. The quantitative estimate of drug-likeness (QED) is 0.662. The highest BCUT2D eigenvalue weighted by molar-refractivity contribution is 5.82. The molecule has 0 aromatic rings. The van der Waals surface area contributed by atoms with Gasteiger partial charge in [0.25, 0.3) is 0 Å². The first-order chi connectivity index (χ1) is 7.81. The third kappa shape index (κ3) is 2.51. The fraction of sp³-hybridized carbons (Fsp3) is 0.800. The molecule has 0 radical (unpaired) electrons. The summed E-state index contributed by atoms with van der Waals surface area (Å²) in [6.45, 7) is 2.83. The predicted molar refractivity (Wildman–Crippen MR) is 58.5 cm³/mol. The van der Waals surface area contributed by atoms with E-state index in [2.05, 4.69) is 10.3 Å². The Balaban J connectivity index is 1.95. The van der Waals surface area contributed by atoms with E-state index in [1.165, 1.54) is 6.40 Å². The Morgan fingerprint density at radius 1 is 1.62 bits per heavy atom. The third-order valence-corrected chi connectivity index (χ3v) is 2.81. The summed E-state index contributed by atoms with van der Waals surface area (Å²) in [6, 6.07) is -0.173. The van der Waals surface area contributed by atoms with Gasteiger partial charge in [-0.2, -0.15) is 0 Å². The minimum absolute atomic E-state index is 0.0690. The van der Waals surface area contributed by atoms with E-state index in [1.54, 1.807) is 11.9 Å². The Bertz CT molecular complexity index is 282. The number of rotatable bonds is 3. The largest absolute Gasteiger partial charge is 0.481 e. The zero-order valence-electron chi connectivity index (χ0n) is 9.39. The van der Waals surface area contributed by atoms with Gasteiger partial charge in [0, 0.05) is 13.1 Å². The molecular weight excluding hydrogens is 210 g/mol. The van der Waals surface area contributed by atoms with E-state index in [9.17, 15) is 4.79 Å². The lowest BCUT2D eigenvalue weighted by Gasteiger charge is -2.24. The smallest absolute Gasteiger partial charge is 0.242 e. The fourth-order valence-electron chi connectivity index (χ4n) is 1.85. The molecule has 6 heteroatoms. The normalized spacial score (nSPS) is 30.3. The van der Waals surface area contributed by atoms with Crippen LogP contribution in [0.4, 0.5) is 0 Å². The molecule has 1 N–H and O–H groups in total. The van der Waals surface area contributed by atoms with Crippen LogP contribution in [0.5, 0.6) is 0 Å². The molecule has 1 saturated heterocycles. The Kier molecular flexibility index (Phi) is 3.74. The SMILES string of the molecule is CNC1COCCN(CC2COC=N2)C1=O. The van der Waals surface area contributed by atoms with Crippen molar-refractivity contribution in [2.75, 3.05) is 40.0 Å². The molecule has 0 saturated carbocycles. The summed E-state index contributed by atoms with van der Waals surface area (Å²) in [5.41, 5.74) is 0. The topological polar surface area (TPSA) is 63.2 Å². The van der Waals surface area contributed by atoms with Crippen molar-refractivity contribution in [3.05, 3.63) is 0 Å². The van der Waals surface area contributed by atoms with Gasteiger partial charge in [-0.25, -0.2) is 4.99 Å². The minimum atomic E-state index is -0.242. The van der Waals surface area contributed by atoms with Crippen molar-refractivity contribution >= 4 is 12.3 Å². The average molecular weight is 227 g/mol. The Morgan fingerprint density at radius 3 is 3.19 bits per heavy atom. The first kappa shape index (κ1) is 11.3. The molecule has 2 atom stereocenters. The first-order valence-electron chi connectivity index (χ1n) is 5.48. The van der Waals surface area contributed by atoms with Gasteiger partial charge >= 0.3 is 0 Å². The van der Waals surface area contributed by atoms with Crippen LogP contribution in [0.15, 0.2) is 4.99 Å². The fourth-order valence-corrected chi connectivity index (χ4v) is 1.85. The summed E-state index contributed by atoms with van der Waals surface area (Å²) in [5, 5.41) is 2.96. The number of hydrogen-bond donors (Lipinski definition) is 1. The Morgan fingerprint density at radius 2 is 2.50 bits per heavy atom. The molecule has 0 aromatic carbocycles. The van der Waals surface area contributed by atoms with Crippen molar-refractivity contribution in [1.29, 1.82) is 0 Å². The molecule has 90 valence electrons. The number of nitrogens with zero attached hydrogens (tertiary/aromatic N) is 2. The highest BCUT2D eigenvalue weighted by Gasteiger charge is 2.28. The van der Waals surface area contributed by atoms with Crippen LogP contribution in [0.1, 0.15) is 0 Å². The summed E-state index contributed by atoms with van der Waals surface area (Å²) in [6.07, 6.45) is 1.46. The summed E-state index contributed by atoms with van der Waals surface area (Å²) < 4.78 is 10.4. The van der Waals surface area contributed by atoms with E-state index in [0.29, 0.717) is 32.9 Å². The van der Waals surface area contributed by atoms with Crippen molar-refractivity contribution in [1.82, 2.24) is 10.2 Å². The second-order valence-corrected chi connectivity index (χ2v) is 3.94. The number of hydrogen-bond acceptors (Lipinski definition) is 5. The van der Waals surface area contributed by atoms with Crippen LogP contribution < -0.4 is 5.32 Å². The van der Waals surface area contributed by atoms with E-state index in [1.807, 2.05) is 0 Å². The molecule has 2 unspecified atom stereocenters. The van der Waals surface area contributed by atoms with Crippen LogP contribution in [-0.2, 0) is 14.3 Å². The molecule has 0 spiro atoms. The molecule has 0 aromatic heterocycles. The van der Waals surface area contributed by atoms with Gasteiger partial charge in [0.15, 0.2) is 6.40 Å². The second kappa shape index (κ2) is 5.27. The van der Waals surface area contributed by atoms with Crippen LogP contribution >= 0.6 is 0 Å². The molecule has 2 aliphatic heterocycles. The Labute approximate surface area is 94.6 Å². The van der Waals surface area contributed by atoms with E-state index in [0.717, 1.165) is 0 Å². The number of nitrogens with one attached hydrogen (secondary N) is 1. The van der Waals surface area contributed by atoms with Crippen molar-refractivity contribution in [2.24, 2.45) is 4.99 Å². The second-order valence-electron chi connectivity index (χ2n) is 3.94. The van der Waals surface area contributed by atoms with Crippen LogP contribution in [0.3, 0.4) is 0 Å². The van der Waals surface area contributed by atoms with Crippen molar-refractivity contribution in [3.8, 4) is 0 Å². The van der Waals surface area contributed by atoms with Crippen LogP contribution in [0.2, 0.25) is 0 Å². The number of carbonyl (C=O) groups is 1. The third-order valence-electron chi connectivity index (χ3n) is 2.81. The van der Waals surface area contributed by atoms with Crippen LogP contribution in [0.25, 0.3) is 0 Å². The van der Waals surface area contributed by atoms with E-state index >= 15 is 0 Å². The van der Waals surface area contributed by atoms with Gasteiger partial charge in [-0.1, -0.05) is 0 Å². The highest BCUT2D eigenvalue weighted by atomic mass is 16.5. The summed E-state index contributed by atoms with van der Waals surface area (Å²) >= 11 is 0. The zero-order valence-corrected chi connectivity index (χ0v) is 9.39. The van der Waals surface area contributed by atoms with Gasteiger partial charge in [-0.05, 0) is 7.05 Å². The monoisotopic (exact) mass is 227 g/mol. The van der Waals surface area contributed by atoms with Gasteiger partial charge < -0.3 is 19.7 Å². The Hall–Kier alpha value is -1.14. The molecule has 6 nitrogen and oxygen atoms in total. The average Bonchev–Trinajstić information content (AvgIpc) is 2.73.